The number of halogens is 2. The van der Waals surface area contributed by atoms with E-state index in [9.17, 15) is 18.7 Å². The first-order valence-corrected chi connectivity index (χ1v) is 5.41. The third-order valence-electron chi connectivity index (χ3n) is 2.37. The number of rotatable bonds is 5. The molecule has 94 valence electrons. The van der Waals surface area contributed by atoms with Crippen LogP contribution in [-0.4, -0.2) is 23.7 Å². The number of hydrogen-bond acceptors (Lipinski definition) is 2. The molecule has 0 aliphatic heterocycles. The van der Waals surface area contributed by atoms with Crippen LogP contribution in [0.1, 0.15) is 18.9 Å². The third-order valence-corrected chi connectivity index (χ3v) is 2.37. The zero-order valence-electron chi connectivity index (χ0n) is 9.54. The molecule has 0 saturated carbocycles. The monoisotopic (exact) mass is 243 g/mol. The quantitative estimate of drug-likeness (QED) is 0.821. The Labute approximate surface area is 98.5 Å². The van der Waals surface area contributed by atoms with Gasteiger partial charge in [0.15, 0.2) is 0 Å². The minimum absolute atomic E-state index is 0.134. The Balaban J connectivity index is 2.50. The molecular weight excluding hydrogens is 228 g/mol. The van der Waals surface area contributed by atoms with E-state index in [4.69, 9.17) is 0 Å². The molecule has 5 heteroatoms. The molecule has 17 heavy (non-hydrogen) atoms. The second-order valence-electron chi connectivity index (χ2n) is 3.78. The fourth-order valence-corrected chi connectivity index (χ4v) is 1.28. The molecule has 0 aliphatic carbocycles. The molecule has 3 nitrogen and oxygen atoms in total. The fourth-order valence-electron chi connectivity index (χ4n) is 1.28. The maximum Gasteiger partial charge on any atom is 0.224 e. The van der Waals surface area contributed by atoms with E-state index in [-0.39, 0.29) is 18.5 Å². The van der Waals surface area contributed by atoms with Crippen LogP contribution >= 0.6 is 0 Å². The van der Waals surface area contributed by atoms with E-state index in [1.165, 1.54) is 6.07 Å². The molecule has 0 bridgehead atoms. The van der Waals surface area contributed by atoms with Crippen molar-refractivity contribution >= 4 is 5.91 Å². The summed E-state index contributed by atoms with van der Waals surface area (Å²) in [5.41, 5.74) is 0.134. The van der Waals surface area contributed by atoms with Crippen LogP contribution in [0.4, 0.5) is 8.78 Å². The summed E-state index contributed by atoms with van der Waals surface area (Å²) in [6.45, 7) is 1.93. The van der Waals surface area contributed by atoms with Gasteiger partial charge < -0.3 is 10.4 Å². The number of benzene rings is 1. The van der Waals surface area contributed by atoms with Crippen LogP contribution in [-0.2, 0) is 11.2 Å². The lowest BCUT2D eigenvalue weighted by Gasteiger charge is -2.09. The van der Waals surface area contributed by atoms with Crippen molar-refractivity contribution in [2.75, 3.05) is 6.54 Å². The largest absolute Gasteiger partial charge is 0.391 e. The van der Waals surface area contributed by atoms with Crippen LogP contribution in [0.5, 0.6) is 0 Å². The highest BCUT2D eigenvalue weighted by Crippen LogP contribution is 2.09. The van der Waals surface area contributed by atoms with Crippen LogP contribution in [0, 0.1) is 11.6 Å². The number of amides is 1. The molecule has 0 heterocycles. The number of carbonyl (C=O) groups is 1. The first-order valence-electron chi connectivity index (χ1n) is 5.41. The molecule has 0 aliphatic rings. The van der Waals surface area contributed by atoms with Crippen molar-refractivity contribution in [3.05, 3.63) is 35.4 Å². The Hall–Kier alpha value is -1.49. The highest BCUT2D eigenvalue weighted by atomic mass is 19.1. The second kappa shape index (κ2) is 6.30. The number of nitrogens with one attached hydrogen (secondary N) is 1. The van der Waals surface area contributed by atoms with Crippen LogP contribution in [0.2, 0.25) is 0 Å². The minimum atomic E-state index is -0.740. The van der Waals surface area contributed by atoms with Crippen molar-refractivity contribution in [2.45, 2.75) is 25.9 Å². The van der Waals surface area contributed by atoms with E-state index >= 15 is 0 Å². The van der Waals surface area contributed by atoms with E-state index in [0.29, 0.717) is 6.42 Å². The Kier molecular flexibility index (Phi) is 5.03. The van der Waals surface area contributed by atoms with Gasteiger partial charge in [-0.05, 0) is 18.1 Å². The summed E-state index contributed by atoms with van der Waals surface area (Å²) in [5, 5.41) is 11.7. The average Bonchev–Trinajstić information content (AvgIpc) is 2.29. The van der Waals surface area contributed by atoms with Crippen molar-refractivity contribution in [1.29, 1.82) is 0 Å². The summed E-state index contributed by atoms with van der Waals surface area (Å²) in [6.07, 6.45) is -0.231. The zero-order chi connectivity index (χ0) is 12.8. The molecule has 1 unspecified atom stereocenters. The van der Waals surface area contributed by atoms with Crippen molar-refractivity contribution in [3.8, 4) is 0 Å². The standard InChI is InChI=1S/C12H15F2NO2/c1-2-10(16)7-15-12(17)5-8-3-4-9(13)6-11(8)14/h3-4,6,10,16H,2,5,7H2,1H3,(H,15,17). The highest BCUT2D eigenvalue weighted by molar-refractivity contribution is 5.78. The van der Waals surface area contributed by atoms with Crippen LogP contribution < -0.4 is 5.32 Å². The maximum absolute atomic E-state index is 13.2. The van der Waals surface area contributed by atoms with Crippen molar-refractivity contribution < 1.29 is 18.7 Å². The van der Waals surface area contributed by atoms with Gasteiger partial charge in [0.1, 0.15) is 11.6 Å². The number of aliphatic hydroxyl groups excluding tert-OH is 1. The second-order valence-corrected chi connectivity index (χ2v) is 3.78. The van der Waals surface area contributed by atoms with Crippen LogP contribution in [0.15, 0.2) is 18.2 Å². The molecular formula is C12H15F2NO2. The summed E-state index contributed by atoms with van der Waals surface area (Å²) < 4.78 is 25.8. The van der Waals surface area contributed by atoms with Crippen LogP contribution in [0.25, 0.3) is 0 Å². The lowest BCUT2D eigenvalue weighted by molar-refractivity contribution is -0.120. The molecule has 1 aromatic carbocycles. The summed E-state index contributed by atoms with van der Waals surface area (Å²) >= 11 is 0. The molecule has 0 spiro atoms. The fraction of sp³-hybridized carbons (Fsp3) is 0.417. The molecule has 0 radical (unpaired) electrons. The Bertz CT molecular complexity index is 396. The van der Waals surface area contributed by atoms with Crippen molar-refractivity contribution in [3.63, 3.8) is 0 Å². The zero-order valence-corrected chi connectivity index (χ0v) is 9.54. The number of carbonyl (C=O) groups excluding carboxylic acids is 1. The molecule has 0 fully saturated rings. The molecule has 1 atom stereocenters. The average molecular weight is 243 g/mol. The van der Waals surface area contributed by atoms with E-state index in [1.54, 1.807) is 6.92 Å². The van der Waals surface area contributed by atoms with Gasteiger partial charge in [-0.1, -0.05) is 13.0 Å². The van der Waals surface area contributed by atoms with Gasteiger partial charge in [0.05, 0.1) is 12.5 Å². The molecule has 0 saturated heterocycles. The van der Waals surface area contributed by atoms with E-state index in [0.717, 1.165) is 12.1 Å². The Morgan fingerprint density at radius 3 is 2.76 bits per heavy atom. The first kappa shape index (κ1) is 13.6. The molecule has 2 N–H and O–H groups in total. The van der Waals surface area contributed by atoms with Gasteiger partial charge in [-0.15, -0.1) is 0 Å². The first-order chi connectivity index (χ1) is 8.02. The van der Waals surface area contributed by atoms with Crippen molar-refractivity contribution in [2.24, 2.45) is 0 Å². The summed E-state index contributed by atoms with van der Waals surface area (Å²) in [4.78, 5) is 11.4. The van der Waals surface area contributed by atoms with E-state index in [2.05, 4.69) is 5.32 Å². The topological polar surface area (TPSA) is 49.3 Å². The van der Waals surface area contributed by atoms with E-state index in [1.807, 2.05) is 0 Å². The maximum atomic E-state index is 13.2. The molecule has 1 amide bonds. The number of aliphatic hydroxyl groups is 1. The smallest absolute Gasteiger partial charge is 0.224 e. The molecule has 0 aromatic heterocycles. The van der Waals surface area contributed by atoms with Gasteiger partial charge in [0, 0.05) is 12.6 Å². The molecule has 1 rings (SSSR count). The van der Waals surface area contributed by atoms with Gasteiger partial charge in [0.25, 0.3) is 0 Å². The van der Waals surface area contributed by atoms with Gasteiger partial charge in [-0.2, -0.15) is 0 Å². The summed E-state index contributed by atoms with van der Waals surface area (Å²) in [5.74, 6) is -1.81. The minimum Gasteiger partial charge on any atom is -0.391 e. The van der Waals surface area contributed by atoms with Crippen LogP contribution in [0.3, 0.4) is 0 Å². The highest BCUT2D eigenvalue weighted by Gasteiger charge is 2.10. The van der Waals surface area contributed by atoms with Gasteiger partial charge >= 0.3 is 0 Å². The van der Waals surface area contributed by atoms with Crippen molar-refractivity contribution in [1.82, 2.24) is 5.32 Å². The SMILES string of the molecule is CCC(O)CNC(=O)Cc1ccc(F)cc1F. The Morgan fingerprint density at radius 1 is 1.47 bits per heavy atom. The predicted molar refractivity (Wildman–Crippen MR) is 59.4 cm³/mol. The predicted octanol–water partition coefficient (Wildman–Crippen LogP) is 1.39. The van der Waals surface area contributed by atoms with Gasteiger partial charge in [-0.3, -0.25) is 4.79 Å². The third kappa shape index (κ3) is 4.48. The lowest BCUT2D eigenvalue weighted by atomic mass is 10.1. The van der Waals surface area contributed by atoms with Gasteiger partial charge in [0.2, 0.25) is 5.91 Å². The van der Waals surface area contributed by atoms with E-state index < -0.39 is 23.6 Å². The van der Waals surface area contributed by atoms with Gasteiger partial charge in [-0.25, -0.2) is 8.78 Å². The normalized spacial score (nSPS) is 12.2. The summed E-state index contributed by atoms with van der Waals surface area (Å²) in [6, 6.07) is 3.08. The Morgan fingerprint density at radius 2 is 2.18 bits per heavy atom. The number of hydrogen-bond donors (Lipinski definition) is 2. The molecule has 1 aromatic rings. The lowest BCUT2D eigenvalue weighted by Crippen LogP contribution is -2.32. The summed E-state index contributed by atoms with van der Waals surface area (Å²) in [7, 11) is 0.